The molecule has 0 amide bonds. The van der Waals surface area contributed by atoms with Crippen LogP contribution in [0.25, 0.3) is 76.5 Å². The average molecular weight is 619 g/mol. The summed E-state index contributed by atoms with van der Waals surface area (Å²) in [5.74, 6) is 0. The van der Waals surface area contributed by atoms with E-state index in [0.29, 0.717) is 0 Å². The molecule has 0 spiro atoms. The smallest absolute Gasteiger partial charge is 0.0581 e. The van der Waals surface area contributed by atoms with E-state index in [-0.39, 0.29) is 10.8 Å². The van der Waals surface area contributed by atoms with Gasteiger partial charge in [-0.25, -0.2) is 0 Å². The van der Waals surface area contributed by atoms with Crippen LogP contribution in [0, 0.1) is 0 Å². The Hall–Kier alpha value is -5.34. The third-order valence-corrected chi connectivity index (χ3v) is 11.5. The molecule has 0 saturated heterocycles. The highest BCUT2D eigenvalue weighted by Crippen LogP contribution is 2.51. The molecule has 2 nitrogen and oxygen atoms in total. The largest absolute Gasteiger partial charge is 0.309 e. The van der Waals surface area contributed by atoms with Crippen molar-refractivity contribution < 1.29 is 0 Å². The summed E-state index contributed by atoms with van der Waals surface area (Å²) in [6, 6.07) is 49.9. The van der Waals surface area contributed by atoms with Gasteiger partial charge >= 0.3 is 0 Å². The van der Waals surface area contributed by atoms with Crippen LogP contribution in [0.5, 0.6) is 0 Å². The van der Waals surface area contributed by atoms with Gasteiger partial charge in [0.25, 0.3) is 0 Å². The molecule has 0 N–H and O–H groups in total. The highest BCUT2D eigenvalue weighted by atomic mass is 15.0. The molecule has 2 aromatic heterocycles. The molecular formula is C46H38N2. The maximum absolute atomic E-state index is 2.58. The summed E-state index contributed by atoms with van der Waals surface area (Å²) in [5.41, 5.74) is 10.7. The summed E-state index contributed by atoms with van der Waals surface area (Å²) in [5, 5.41) is 10.3. The summed E-state index contributed by atoms with van der Waals surface area (Å²) in [7, 11) is 0. The van der Waals surface area contributed by atoms with Crippen molar-refractivity contribution in [2.24, 2.45) is 0 Å². The summed E-state index contributed by atoms with van der Waals surface area (Å²) in [6.07, 6.45) is 2.37. The fraction of sp³-hybridized carbons (Fsp3) is 0.174. The average Bonchev–Trinajstić information content (AvgIpc) is 3.61. The van der Waals surface area contributed by atoms with Gasteiger partial charge in [-0.15, -0.1) is 0 Å². The molecule has 1 aliphatic carbocycles. The van der Waals surface area contributed by atoms with Gasteiger partial charge in [0.15, 0.2) is 0 Å². The highest BCUT2D eigenvalue weighted by Gasteiger charge is 2.39. The predicted molar refractivity (Wildman–Crippen MR) is 205 cm³/mol. The number of benzene rings is 7. The first-order valence-corrected chi connectivity index (χ1v) is 17.3. The van der Waals surface area contributed by atoms with E-state index in [4.69, 9.17) is 0 Å². The standard InChI is InChI=1S/C46H38N2/c1-45(2)24-25-46(3,4)43-38(45)22-21-35-36-27-37-41(28-40(36)48(44(35)43)32-15-6-5-7-16-32)47(33-20-18-29-12-8-9-14-31(29)26-33)39-23-19-30-13-10-11-17-34(30)42(37)39/h5-23,26-28H,24-25H2,1-4H3. The maximum atomic E-state index is 2.58. The first kappa shape index (κ1) is 27.7. The number of aromatic nitrogens is 2. The van der Waals surface area contributed by atoms with Crippen LogP contribution in [0.3, 0.4) is 0 Å². The van der Waals surface area contributed by atoms with Crippen molar-refractivity contribution in [3.8, 4) is 11.4 Å². The predicted octanol–water partition coefficient (Wildman–Crippen LogP) is 12.5. The Balaban J connectivity index is 1.43. The zero-order valence-corrected chi connectivity index (χ0v) is 28.0. The molecule has 10 rings (SSSR count). The second-order valence-electron chi connectivity index (χ2n) is 15.3. The molecule has 232 valence electrons. The third kappa shape index (κ3) is 3.75. The molecule has 0 bridgehead atoms. The van der Waals surface area contributed by atoms with Crippen LogP contribution >= 0.6 is 0 Å². The molecule has 2 heterocycles. The molecule has 1 aliphatic rings. The first-order chi connectivity index (χ1) is 23.3. The summed E-state index contributed by atoms with van der Waals surface area (Å²) < 4.78 is 5.07. The lowest BCUT2D eigenvalue weighted by Gasteiger charge is -2.42. The molecule has 0 aliphatic heterocycles. The molecule has 9 aromatic rings. The minimum Gasteiger partial charge on any atom is -0.309 e. The monoisotopic (exact) mass is 618 g/mol. The second kappa shape index (κ2) is 9.61. The second-order valence-corrected chi connectivity index (χ2v) is 15.3. The van der Waals surface area contributed by atoms with Crippen LogP contribution in [0.1, 0.15) is 51.7 Å². The molecule has 7 aromatic carbocycles. The van der Waals surface area contributed by atoms with Crippen LogP contribution in [0.15, 0.2) is 133 Å². The molecule has 0 saturated carbocycles. The van der Waals surface area contributed by atoms with Gasteiger partial charge < -0.3 is 9.13 Å². The van der Waals surface area contributed by atoms with Crippen LogP contribution in [0.2, 0.25) is 0 Å². The van der Waals surface area contributed by atoms with Gasteiger partial charge in [-0.2, -0.15) is 0 Å². The van der Waals surface area contributed by atoms with Crippen LogP contribution < -0.4 is 0 Å². The quantitative estimate of drug-likeness (QED) is 0.182. The van der Waals surface area contributed by atoms with Crippen molar-refractivity contribution in [3.63, 3.8) is 0 Å². The number of fused-ring (bicyclic) bond motifs is 11. The van der Waals surface area contributed by atoms with Gasteiger partial charge in [-0.1, -0.05) is 119 Å². The van der Waals surface area contributed by atoms with Gasteiger partial charge in [0.2, 0.25) is 0 Å². The Bertz CT molecular complexity index is 2770. The lowest BCUT2D eigenvalue weighted by Crippen LogP contribution is -2.34. The number of nitrogens with zero attached hydrogens (tertiary/aromatic N) is 2. The van der Waals surface area contributed by atoms with Crippen LogP contribution in [0.4, 0.5) is 0 Å². The summed E-state index contributed by atoms with van der Waals surface area (Å²) >= 11 is 0. The zero-order valence-electron chi connectivity index (χ0n) is 28.0. The Kier molecular flexibility index (Phi) is 5.55. The van der Waals surface area contributed by atoms with Crippen molar-refractivity contribution in [3.05, 3.63) is 145 Å². The third-order valence-electron chi connectivity index (χ3n) is 11.5. The number of hydrogen-bond acceptors (Lipinski definition) is 0. The molecular weight excluding hydrogens is 581 g/mol. The SMILES string of the molecule is CC1(C)CCC(C)(C)c2c1ccc1c3cc4c5c6ccccc6ccc5n(-c5ccc6ccccc6c5)c4cc3n(-c3ccccc3)c21. The first-order valence-electron chi connectivity index (χ1n) is 17.3. The zero-order chi connectivity index (χ0) is 32.4. The van der Waals surface area contributed by atoms with E-state index in [9.17, 15) is 0 Å². The lowest BCUT2D eigenvalue weighted by atomic mass is 9.62. The maximum Gasteiger partial charge on any atom is 0.0581 e. The minimum atomic E-state index is 0.0634. The molecule has 0 radical (unpaired) electrons. The lowest BCUT2D eigenvalue weighted by molar-refractivity contribution is 0.334. The molecule has 0 unspecified atom stereocenters. The number of hydrogen-bond donors (Lipinski definition) is 0. The van der Waals surface area contributed by atoms with Gasteiger partial charge in [0.05, 0.1) is 22.1 Å². The van der Waals surface area contributed by atoms with Crippen molar-refractivity contribution >= 4 is 65.2 Å². The van der Waals surface area contributed by atoms with Gasteiger partial charge in [-0.05, 0) is 98.8 Å². The summed E-state index contributed by atoms with van der Waals surface area (Å²) in [6.45, 7) is 9.77. The summed E-state index contributed by atoms with van der Waals surface area (Å²) in [4.78, 5) is 0. The van der Waals surface area contributed by atoms with E-state index >= 15 is 0 Å². The van der Waals surface area contributed by atoms with E-state index in [2.05, 4.69) is 170 Å². The van der Waals surface area contributed by atoms with Gasteiger partial charge in [0, 0.05) is 32.9 Å². The Labute approximate surface area is 280 Å². The normalized spacial score (nSPS) is 15.7. The van der Waals surface area contributed by atoms with Gasteiger partial charge in [0.1, 0.15) is 0 Å². The van der Waals surface area contributed by atoms with Crippen molar-refractivity contribution in [1.29, 1.82) is 0 Å². The van der Waals surface area contributed by atoms with E-state index in [0.717, 1.165) is 0 Å². The fourth-order valence-corrected chi connectivity index (χ4v) is 8.96. The van der Waals surface area contributed by atoms with Crippen LogP contribution in [-0.4, -0.2) is 9.13 Å². The van der Waals surface area contributed by atoms with Crippen molar-refractivity contribution in [2.75, 3.05) is 0 Å². The van der Waals surface area contributed by atoms with E-state index in [1.807, 2.05) is 0 Å². The number of para-hydroxylation sites is 1. The molecule has 0 fully saturated rings. The fourth-order valence-electron chi connectivity index (χ4n) is 8.96. The molecule has 0 atom stereocenters. The van der Waals surface area contributed by atoms with E-state index in [1.165, 1.54) is 100 Å². The van der Waals surface area contributed by atoms with E-state index < -0.39 is 0 Å². The van der Waals surface area contributed by atoms with Crippen molar-refractivity contribution in [1.82, 2.24) is 9.13 Å². The molecule has 2 heteroatoms. The Morgan fingerprint density at radius 3 is 1.96 bits per heavy atom. The van der Waals surface area contributed by atoms with E-state index in [1.54, 1.807) is 0 Å². The molecule has 48 heavy (non-hydrogen) atoms. The van der Waals surface area contributed by atoms with Crippen LogP contribution in [-0.2, 0) is 10.8 Å². The topological polar surface area (TPSA) is 9.86 Å². The van der Waals surface area contributed by atoms with Crippen molar-refractivity contribution in [2.45, 2.75) is 51.4 Å². The minimum absolute atomic E-state index is 0.0634. The number of rotatable bonds is 2. The Morgan fingerprint density at radius 1 is 0.438 bits per heavy atom. The Morgan fingerprint density at radius 2 is 1.12 bits per heavy atom. The highest BCUT2D eigenvalue weighted by molar-refractivity contribution is 6.25. The van der Waals surface area contributed by atoms with Gasteiger partial charge in [-0.3, -0.25) is 0 Å².